The number of nitrogens with zero attached hydrogens (tertiary/aromatic N) is 2. The lowest BCUT2D eigenvalue weighted by molar-refractivity contribution is -0.121. The molecule has 0 saturated carbocycles. The molecule has 1 fully saturated rings. The van der Waals surface area contributed by atoms with Gasteiger partial charge >= 0.3 is 0 Å². The summed E-state index contributed by atoms with van der Waals surface area (Å²) in [4.78, 5) is 27.1. The van der Waals surface area contributed by atoms with Crippen molar-refractivity contribution in [2.75, 3.05) is 46.3 Å². The lowest BCUT2D eigenvalue weighted by atomic mass is 10.1. The van der Waals surface area contributed by atoms with Crippen LogP contribution < -0.4 is 11.1 Å². The average Bonchev–Trinajstić information content (AvgIpc) is 2.42. The van der Waals surface area contributed by atoms with Crippen molar-refractivity contribution in [3.05, 3.63) is 6.42 Å². The van der Waals surface area contributed by atoms with E-state index in [-0.39, 0.29) is 17.7 Å². The second-order valence-corrected chi connectivity index (χ2v) is 5.53. The molecule has 0 bridgehead atoms. The summed E-state index contributed by atoms with van der Waals surface area (Å²) in [7, 11) is 2.14. The van der Waals surface area contributed by atoms with Gasteiger partial charge in [0.1, 0.15) is 0 Å². The summed E-state index contributed by atoms with van der Waals surface area (Å²) in [6, 6.07) is 0. The predicted octanol–water partition coefficient (Wildman–Crippen LogP) is -0.544. The van der Waals surface area contributed by atoms with Crippen LogP contribution in [0.15, 0.2) is 0 Å². The number of piperazine rings is 1. The molecule has 1 aliphatic heterocycles. The van der Waals surface area contributed by atoms with Crippen LogP contribution in [0.1, 0.15) is 19.8 Å². The van der Waals surface area contributed by atoms with Gasteiger partial charge in [0.25, 0.3) is 0 Å². The number of hydrogen-bond donors (Lipinski definition) is 2. The van der Waals surface area contributed by atoms with Crippen LogP contribution in [-0.2, 0) is 9.59 Å². The van der Waals surface area contributed by atoms with Gasteiger partial charge in [0, 0.05) is 38.6 Å². The van der Waals surface area contributed by atoms with Crippen LogP contribution in [0.3, 0.4) is 0 Å². The number of amides is 2. The van der Waals surface area contributed by atoms with Crippen LogP contribution in [0.4, 0.5) is 0 Å². The smallest absolute Gasteiger partial charge is 0.223 e. The molecule has 1 saturated heterocycles. The number of carbonyl (C=O) groups excluding carboxylic acids is 2. The first-order valence-electron chi connectivity index (χ1n) is 7.30. The lowest BCUT2D eigenvalue weighted by Crippen LogP contribution is -2.45. The van der Waals surface area contributed by atoms with E-state index in [1.165, 1.54) is 6.42 Å². The zero-order valence-corrected chi connectivity index (χ0v) is 12.6. The molecular weight excluding hydrogens is 256 g/mol. The number of rotatable bonds is 8. The maximum Gasteiger partial charge on any atom is 0.223 e. The molecule has 0 aromatic heterocycles. The average molecular weight is 283 g/mol. The lowest BCUT2D eigenvalue weighted by Gasteiger charge is -2.32. The molecule has 1 radical (unpaired) electrons. The number of nitrogens with two attached hydrogens (primary N) is 1. The van der Waals surface area contributed by atoms with E-state index >= 15 is 0 Å². The highest BCUT2D eigenvalue weighted by Gasteiger charge is 2.13. The van der Waals surface area contributed by atoms with Gasteiger partial charge in [0.15, 0.2) is 0 Å². The fourth-order valence-electron chi connectivity index (χ4n) is 2.06. The third kappa shape index (κ3) is 6.86. The minimum atomic E-state index is -0.371. The first-order valence-corrected chi connectivity index (χ1v) is 7.30. The quantitative estimate of drug-likeness (QED) is 0.586. The van der Waals surface area contributed by atoms with E-state index in [0.717, 1.165) is 39.1 Å². The zero-order valence-electron chi connectivity index (χ0n) is 12.6. The highest BCUT2D eigenvalue weighted by Crippen LogP contribution is 2.03. The molecule has 0 aromatic rings. The molecule has 0 aromatic carbocycles. The Labute approximate surface area is 121 Å². The van der Waals surface area contributed by atoms with Crippen LogP contribution in [0.25, 0.3) is 0 Å². The molecule has 115 valence electrons. The summed E-state index contributed by atoms with van der Waals surface area (Å²) >= 11 is 0. The van der Waals surface area contributed by atoms with Gasteiger partial charge in [-0.1, -0.05) is 6.92 Å². The summed E-state index contributed by atoms with van der Waals surface area (Å²) in [5, 5.41) is 2.84. The summed E-state index contributed by atoms with van der Waals surface area (Å²) < 4.78 is 0. The van der Waals surface area contributed by atoms with Gasteiger partial charge in [-0.05, 0) is 26.4 Å². The topological polar surface area (TPSA) is 78.7 Å². The second-order valence-electron chi connectivity index (χ2n) is 5.53. The normalized spacial score (nSPS) is 18.7. The van der Waals surface area contributed by atoms with Crippen molar-refractivity contribution in [1.82, 2.24) is 15.1 Å². The monoisotopic (exact) mass is 283 g/mol. The predicted molar refractivity (Wildman–Crippen MR) is 78.8 cm³/mol. The highest BCUT2D eigenvalue weighted by atomic mass is 16.2. The summed E-state index contributed by atoms with van der Waals surface area (Å²) in [5.41, 5.74) is 5.14. The van der Waals surface area contributed by atoms with E-state index in [2.05, 4.69) is 22.2 Å². The molecule has 0 spiro atoms. The van der Waals surface area contributed by atoms with Crippen molar-refractivity contribution < 1.29 is 9.59 Å². The summed E-state index contributed by atoms with van der Waals surface area (Å²) in [6.07, 6.45) is 2.86. The Morgan fingerprint density at radius 2 is 1.95 bits per heavy atom. The Morgan fingerprint density at radius 3 is 2.55 bits per heavy atom. The van der Waals surface area contributed by atoms with E-state index in [1.54, 1.807) is 6.92 Å². The van der Waals surface area contributed by atoms with Crippen molar-refractivity contribution in [2.24, 2.45) is 11.7 Å². The molecule has 0 aliphatic carbocycles. The first kappa shape index (κ1) is 16.9. The molecule has 1 rings (SSSR count). The maximum absolute atomic E-state index is 11.5. The highest BCUT2D eigenvalue weighted by molar-refractivity contribution is 5.85. The van der Waals surface area contributed by atoms with E-state index in [9.17, 15) is 9.59 Å². The third-order valence-corrected chi connectivity index (χ3v) is 3.69. The molecule has 6 heteroatoms. The third-order valence-electron chi connectivity index (χ3n) is 3.69. The van der Waals surface area contributed by atoms with Gasteiger partial charge < -0.3 is 20.9 Å². The number of nitrogens with one attached hydrogen (secondary N) is 1. The number of likely N-dealkylation sites (N-methyl/N-ethyl adjacent to an activating group) is 1. The molecule has 1 atom stereocenters. The van der Waals surface area contributed by atoms with Gasteiger partial charge in [-0.25, -0.2) is 0 Å². The number of carbonyl (C=O) groups is 2. The molecule has 3 N–H and O–H groups in total. The fraction of sp³-hybridized carbons (Fsp3) is 0.786. The summed E-state index contributed by atoms with van der Waals surface area (Å²) in [6.45, 7) is 7.85. The van der Waals surface area contributed by atoms with Crippen LogP contribution in [0.2, 0.25) is 0 Å². The van der Waals surface area contributed by atoms with Crippen LogP contribution in [-0.4, -0.2) is 67.9 Å². The van der Waals surface area contributed by atoms with Gasteiger partial charge in [-0.3, -0.25) is 9.59 Å². The molecule has 2 amide bonds. The van der Waals surface area contributed by atoms with Crippen LogP contribution in [0, 0.1) is 12.3 Å². The second kappa shape index (κ2) is 8.92. The van der Waals surface area contributed by atoms with Crippen molar-refractivity contribution in [3.8, 4) is 0 Å². The molecule has 6 nitrogen and oxygen atoms in total. The van der Waals surface area contributed by atoms with Gasteiger partial charge in [-0.2, -0.15) is 0 Å². The van der Waals surface area contributed by atoms with Crippen molar-refractivity contribution in [2.45, 2.75) is 19.8 Å². The Balaban J connectivity index is 2.00. The van der Waals surface area contributed by atoms with Crippen LogP contribution in [0.5, 0.6) is 0 Å². The van der Waals surface area contributed by atoms with Crippen LogP contribution >= 0.6 is 0 Å². The number of hydrogen-bond acceptors (Lipinski definition) is 4. The van der Waals surface area contributed by atoms with Gasteiger partial charge in [0.2, 0.25) is 11.8 Å². The Kier molecular flexibility index (Phi) is 7.54. The zero-order chi connectivity index (χ0) is 15.0. The fourth-order valence-corrected chi connectivity index (χ4v) is 2.06. The van der Waals surface area contributed by atoms with E-state index in [4.69, 9.17) is 5.73 Å². The first-order chi connectivity index (χ1) is 9.49. The van der Waals surface area contributed by atoms with Gasteiger partial charge in [-0.15, -0.1) is 0 Å². The van der Waals surface area contributed by atoms with Crippen molar-refractivity contribution in [3.63, 3.8) is 0 Å². The maximum atomic E-state index is 11.5. The standard InChI is InChI=1S/C14H27N4O2/c1-12(14(15)20)4-5-13(19)16-6-3-7-18-10-8-17(2)9-11-18/h5,12H,3-4,6-11H2,1-2H3,(H2,15,20)(H,16,19)/t12-/m0/s1. The summed E-state index contributed by atoms with van der Waals surface area (Å²) in [5.74, 6) is -0.772. The molecular formula is C14H27N4O2. The number of primary amides is 1. The minimum absolute atomic E-state index is 0.114. The van der Waals surface area contributed by atoms with E-state index < -0.39 is 0 Å². The van der Waals surface area contributed by atoms with E-state index in [1.807, 2.05) is 0 Å². The minimum Gasteiger partial charge on any atom is -0.369 e. The Bertz CT molecular complexity index is 314. The van der Waals surface area contributed by atoms with Gasteiger partial charge in [0.05, 0.1) is 6.42 Å². The molecule has 1 heterocycles. The van der Waals surface area contributed by atoms with Crippen molar-refractivity contribution in [1.29, 1.82) is 0 Å². The molecule has 0 unspecified atom stereocenters. The SMILES string of the molecule is C[C@@H](C[CH]C(=O)NCCCN1CCN(C)CC1)C(N)=O. The molecule has 20 heavy (non-hydrogen) atoms. The largest absolute Gasteiger partial charge is 0.369 e. The van der Waals surface area contributed by atoms with Crippen molar-refractivity contribution >= 4 is 11.8 Å². The van der Waals surface area contributed by atoms with E-state index in [0.29, 0.717) is 13.0 Å². The molecule has 1 aliphatic rings. The Hall–Kier alpha value is -1.14. The Morgan fingerprint density at radius 1 is 1.30 bits per heavy atom.